The maximum atomic E-state index is 5.87. The summed E-state index contributed by atoms with van der Waals surface area (Å²) in [6.07, 6.45) is 2.41. The van der Waals surface area contributed by atoms with Gasteiger partial charge in [-0.2, -0.15) is 5.10 Å². The Hall–Kier alpha value is -0.870. The molecule has 2 aromatic heterocycles. The average Bonchev–Trinajstić information content (AvgIpc) is 2.76. The molecule has 1 fully saturated rings. The third-order valence-electron chi connectivity index (χ3n) is 3.59. The van der Waals surface area contributed by atoms with E-state index in [2.05, 4.69) is 30.1 Å². The number of thiophene rings is 1. The van der Waals surface area contributed by atoms with Gasteiger partial charge in [0.15, 0.2) is 0 Å². The second-order valence-corrected chi connectivity index (χ2v) is 6.18. The van der Waals surface area contributed by atoms with Crippen LogP contribution in [0.2, 0.25) is 0 Å². The molecule has 0 aromatic carbocycles. The number of aromatic amines is 1. The zero-order valence-electron chi connectivity index (χ0n) is 9.71. The van der Waals surface area contributed by atoms with Gasteiger partial charge in [-0.25, -0.2) is 0 Å². The van der Waals surface area contributed by atoms with Gasteiger partial charge in [0, 0.05) is 16.8 Å². The van der Waals surface area contributed by atoms with Crippen molar-refractivity contribution in [1.29, 1.82) is 0 Å². The topological polar surface area (TPSA) is 54.7 Å². The van der Waals surface area contributed by atoms with E-state index in [1.165, 1.54) is 28.1 Å². The molecule has 3 nitrogen and oxygen atoms in total. The highest BCUT2D eigenvalue weighted by Gasteiger charge is 2.45. The van der Waals surface area contributed by atoms with Crippen molar-refractivity contribution >= 4 is 21.6 Å². The molecule has 0 bridgehead atoms. The number of nitrogens with one attached hydrogen (secondary N) is 1. The minimum Gasteiger partial charge on any atom is -0.330 e. The monoisotopic (exact) mass is 235 g/mol. The Kier molecular flexibility index (Phi) is 2.13. The van der Waals surface area contributed by atoms with Gasteiger partial charge in [-0.1, -0.05) is 13.8 Å². The van der Waals surface area contributed by atoms with Crippen LogP contribution in [0.3, 0.4) is 0 Å². The number of fused-ring (bicyclic) bond motifs is 1. The van der Waals surface area contributed by atoms with Crippen LogP contribution < -0.4 is 5.73 Å². The normalized spacial score (nSPS) is 18.5. The van der Waals surface area contributed by atoms with E-state index in [0.717, 1.165) is 12.1 Å². The van der Waals surface area contributed by atoms with E-state index in [9.17, 15) is 0 Å². The molecule has 2 aromatic rings. The molecule has 4 heteroatoms. The summed E-state index contributed by atoms with van der Waals surface area (Å²) < 4.78 is 1.33. The van der Waals surface area contributed by atoms with E-state index in [4.69, 9.17) is 5.73 Å². The highest BCUT2D eigenvalue weighted by Crippen LogP contribution is 2.50. The molecule has 0 atom stereocenters. The fraction of sp³-hybridized carbons (Fsp3) is 0.583. The van der Waals surface area contributed by atoms with Gasteiger partial charge in [-0.05, 0) is 24.8 Å². The smallest absolute Gasteiger partial charge is 0.103 e. The fourth-order valence-electron chi connectivity index (χ4n) is 2.18. The minimum atomic E-state index is 0.216. The number of rotatable bonds is 3. The second-order valence-electron chi connectivity index (χ2n) is 5.10. The van der Waals surface area contributed by atoms with Gasteiger partial charge >= 0.3 is 0 Å². The molecule has 16 heavy (non-hydrogen) atoms. The van der Waals surface area contributed by atoms with Crippen LogP contribution in [0.1, 0.15) is 43.2 Å². The van der Waals surface area contributed by atoms with Crippen molar-refractivity contribution in [2.24, 2.45) is 5.73 Å². The molecular weight excluding hydrogens is 218 g/mol. The van der Waals surface area contributed by atoms with Crippen molar-refractivity contribution in [3.8, 4) is 0 Å². The molecule has 0 radical (unpaired) electrons. The molecule has 1 aliphatic carbocycles. The van der Waals surface area contributed by atoms with Crippen LogP contribution in [0.25, 0.3) is 10.2 Å². The molecule has 0 aliphatic heterocycles. The van der Waals surface area contributed by atoms with Crippen LogP contribution >= 0.6 is 11.3 Å². The summed E-state index contributed by atoms with van der Waals surface area (Å²) >= 11 is 1.87. The van der Waals surface area contributed by atoms with E-state index in [1.807, 2.05) is 11.3 Å². The first-order chi connectivity index (χ1) is 7.66. The largest absolute Gasteiger partial charge is 0.330 e. The molecule has 0 saturated heterocycles. The fourth-order valence-corrected chi connectivity index (χ4v) is 3.40. The Labute approximate surface area is 99.0 Å². The molecule has 1 aliphatic rings. The van der Waals surface area contributed by atoms with Crippen LogP contribution in [0.15, 0.2) is 6.07 Å². The quantitative estimate of drug-likeness (QED) is 0.859. The van der Waals surface area contributed by atoms with Gasteiger partial charge < -0.3 is 5.73 Å². The lowest BCUT2D eigenvalue weighted by molar-refractivity contribution is 0.680. The Morgan fingerprint density at radius 1 is 1.56 bits per heavy atom. The lowest BCUT2D eigenvalue weighted by atomic mass is 10.0. The number of hydrogen-bond acceptors (Lipinski definition) is 3. The zero-order chi connectivity index (χ0) is 11.3. The van der Waals surface area contributed by atoms with E-state index in [1.54, 1.807) is 0 Å². The van der Waals surface area contributed by atoms with Crippen molar-refractivity contribution in [1.82, 2.24) is 10.2 Å². The number of hydrogen-bond donors (Lipinski definition) is 2. The van der Waals surface area contributed by atoms with Gasteiger partial charge in [0.2, 0.25) is 0 Å². The van der Waals surface area contributed by atoms with Gasteiger partial charge in [0.05, 0.1) is 10.4 Å². The van der Waals surface area contributed by atoms with Gasteiger partial charge in [-0.15, -0.1) is 11.3 Å². The molecule has 3 rings (SSSR count). The molecule has 2 heterocycles. The predicted octanol–water partition coefficient (Wildman–Crippen LogP) is 2.74. The second kappa shape index (κ2) is 3.31. The maximum Gasteiger partial charge on any atom is 0.103 e. The Bertz CT molecular complexity index is 519. The summed E-state index contributed by atoms with van der Waals surface area (Å²) in [7, 11) is 0. The highest BCUT2D eigenvalue weighted by molar-refractivity contribution is 7.19. The van der Waals surface area contributed by atoms with Crippen molar-refractivity contribution < 1.29 is 0 Å². The minimum absolute atomic E-state index is 0.216. The van der Waals surface area contributed by atoms with Gasteiger partial charge in [0.1, 0.15) is 5.52 Å². The van der Waals surface area contributed by atoms with Gasteiger partial charge in [0.25, 0.3) is 0 Å². The first-order valence-electron chi connectivity index (χ1n) is 5.85. The lowest BCUT2D eigenvalue weighted by Crippen LogP contribution is -2.20. The number of aromatic nitrogens is 2. The van der Waals surface area contributed by atoms with E-state index >= 15 is 0 Å². The summed E-state index contributed by atoms with van der Waals surface area (Å²) in [5.74, 6) is 0.583. The van der Waals surface area contributed by atoms with Crippen molar-refractivity contribution in [2.45, 2.75) is 38.0 Å². The Balaban J connectivity index is 2.12. The predicted molar refractivity (Wildman–Crippen MR) is 68.0 cm³/mol. The molecule has 0 unspecified atom stereocenters. The lowest BCUT2D eigenvalue weighted by Gasteiger charge is -2.08. The third-order valence-corrected chi connectivity index (χ3v) is 5.03. The zero-order valence-corrected chi connectivity index (χ0v) is 10.5. The highest BCUT2D eigenvalue weighted by atomic mass is 32.1. The number of nitrogens with zero attached hydrogens (tertiary/aromatic N) is 1. The molecule has 1 saturated carbocycles. The summed E-state index contributed by atoms with van der Waals surface area (Å²) in [5.41, 5.74) is 8.48. The Morgan fingerprint density at radius 2 is 2.31 bits per heavy atom. The first kappa shape index (κ1) is 10.3. The summed E-state index contributed by atoms with van der Waals surface area (Å²) in [5, 5.41) is 7.60. The van der Waals surface area contributed by atoms with Crippen LogP contribution in [-0.4, -0.2) is 16.7 Å². The van der Waals surface area contributed by atoms with Crippen molar-refractivity contribution in [3.63, 3.8) is 0 Å². The third kappa shape index (κ3) is 1.33. The standard InChI is InChI=1S/C12H17N3S/c1-7(2)9-5-8-10(16-9)11(15-14-8)12(6-13)3-4-12/h5,7H,3-4,6,13H2,1-2H3,(H,14,15). The first-order valence-corrected chi connectivity index (χ1v) is 6.66. The van der Waals surface area contributed by atoms with E-state index in [0.29, 0.717) is 5.92 Å². The molecular formula is C12H17N3S. The average molecular weight is 235 g/mol. The van der Waals surface area contributed by atoms with Crippen molar-refractivity contribution in [2.75, 3.05) is 6.54 Å². The summed E-state index contributed by atoms with van der Waals surface area (Å²) in [6.45, 7) is 5.19. The van der Waals surface area contributed by atoms with Crippen LogP contribution in [-0.2, 0) is 5.41 Å². The number of H-pyrrole nitrogens is 1. The van der Waals surface area contributed by atoms with E-state index < -0.39 is 0 Å². The summed E-state index contributed by atoms with van der Waals surface area (Å²) in [4.78, 5) is 1.42. The van der Waals surface area contributed by atoms with Gasteiger partial charge in [-0.3, -0.25) is 5.10 Å². The van der Waals surface area contributed by atoms with Crippen LogP contribution in [0, 0.1) is 0 Å². The van der Waals surface area contributed by atoms with Crippen LogP contribution in [0.5, 0.6) is 0 Å². The molecule has 0 spiro atoms. The molecule has 86 valence electrons. The SMILES string of the molecule is CC(C)c1cc2n[nH]c(C3(CN)CC3)c2s1. The van der Waals surface area contributed by atoms with E-state index in [-0.39, 0.29) is 5.41 Å². The van der Waals surface area contributed by atoms with Crippen molar-refractivity contribution in [3.05, 3.63) is 16.6 Å². The van der Waals surface area contributed by atoms with Crippen LogP contribution in [0.4, 0.5) is 0 Å². The maximum absolute atomic E-state index is 5.87. The summed E-state index contributed by atoms with van der Waals surface area (Å²) in [6, 6.07) is 2.21. The Morgan fingerprint density at radius 3 is 2.88 bits per heavy atom. The molecule has 0 amide bonds. The number of nitrogens with two attached hydrogens (primary N) is 1. The molecule has 3 N–H and O–H groups in total.